The lowest BCUT2D eigenvalue weighted by Gasteiger charge is -2.59. The number of hydrogen-bond donors (Lipinski definition) is 1. The fourth-order valence-electron chi connectivity index (χ4n) is 2.07. The van der Waals surface area contributed by atoms with Gasteiger partial charge in [-0.3, -0.25) is 0 Å². The molecule has 2 heteroatoms. The average Bonchev–Trinajstić information content (AvgIpc) is 2.04. The largest absolute Gasteiger partial charge is 0.378 e. The number of nitrogens with one attached hydrogen (secondary N) is 1. The van der Waals surface area contributed by atoms with Gasteiger partial charge in [0.2, 0.25) is 0 Å². The summed E-state index contributed by atoms with van der Waals surface area (Å²) in [6.07, 6.45) is 1.13. The first-order valence-corrected chi connectivity index (χ1v) is 4.76. The minimum Gasteiger partial charge on any atom is -0.378 e. The summed E-state index contributed by atoms with van der Waals surface area (Å²) in [6, 6.07) is 0.618. The van der Waals surface area contributed by atoms with Crippen LogP contribution in [-0.4, -0.2) is 25.3 Å². The van der Waals surface area contributed by atoms with E-state index in [1.54, 1.807) is 0 Å². The van der Waals surface area contributed by atoms with Crippen LogP contribution < -0.4 is 5.32 Å². The first kappa shape index (κ1) is 10.0. The summed E-state index contributed by atoms with van der Waals surface area (Å²) in [4.78, 5) is 0. The molecule has 0 aromatic rings. The third-order valence-electron chi connectivity index (χ3n) is 3.73. The number of methoxy groups -OCH3 is 1. The summed E-state index contributed by atoms with van der Waals surface area (Å²) in [5, 5.41) is 3.48. The van der Waals surface area contributed by atoms with Crippen LogP contribution in [0.3, 0.4) is 0 Å². The second-order valence-corrected chi connectivity index (χ2v) is 4.47. The Labute approximate surface area is 75.7 Å². The molecule has 1 N–H and O–H groups in total. The highest BCUT2D eigenvalue weighted by Gasteiger charge is 2.57. The Hall–Kier alpha value is -0.0800. The van der Waals surface area contributed by atoms with E-state index in [1.807, 2.05) is 7.11 Å². The van der Waals surface area contributed by atoms with Crippen LogP contribution in [0.5, 0.6) is 0 Å². The van der Waals surface area contributed by atoms with Gasteiger partial charge in [-0.25, -0.2) is 0 Å². The molecule has 0 aromatic heterocycles. The molecular formula is C10H21NO. The summed E-state index contributed by atoms with van der Waals surface area (Å²) >= 11 is 0. The van der Waals surface area contributed by atoms with Crippen molar-refractivity contribution in [3.05, 3.63) is 0 Å². The third kappa shape index (κ3) is 1.17. The van der Waals surface area contributed by atoms with E-state index in [2.05, 4.69) is 33.0 Å². The van der Waals surface area contributed by atoms with Crippen molar-refractivity contribution in [2.75, 3.05) is 13.7 Å². The lowest BCUT2D eigenvalue weighted by molar-refractivity contribution is -0.180. The average molecular weight is 171 g/mol. The van der Waals surface area contributed by atoms with E-state index in [4.69, 9.17) is 4.74 Å². The number of ether oxygens (including phenoxy) is 1. The van der Waals surface area contributed by atoms with Crippen molar-refractivity contribution in [1.82, 2.24) is 5.32 Å². The van der Waals surface area contributed by atoms with Crippen LogP contribution in [-0.2, 0) is 4.74 Å². The molecule has 2 unspecified atom stereocenters. The Morgan fingerprint density at radius 2 is 2.00 bits per heavy atom. The van der Waals surface area contributed by atoms with Gasteiger partial charge >= 0.3 is 0 Å². The van der Waals surface area contributed by atoms with Crippen molar-refractivity contribution in [2.24, 2.45) is 5.41 Å². The molecule has 1 saturated carbocycles. The molecule has 0 spiro atoms. The van der Waals surface area contributed by atoms with Crippen molar-refractivity contribution >= 4 is 0 Å². The van der Waals surface area contributed by atoms with E-state index in [-0.39, 0.29) is 11.0 Å². The second-order valence-electron chi connectivity index (χ2n) is 4.47. The van der Waals surface area contributed by atoms with Crippen molar-refractivity contribution in [3.8, 4) is 0 Å². The van der Waals surface area contributed by atoms with Crippen LogP contribution in [0.1, 0.15) is 34.1 Å². The molecule has 0 bridgehead atoms. The maximum atomic E-state index is 5.53. The molecular weight excluding hydrogens is 150 g/mol. The second kappa shape index (κ2) is 3.00. The Morgan fingerprint density at radius 1 is 1.42 bits per heavy atom. The molecule has 1 rings (SSSR count). The first-order chi connectivity index (χ1) is 5.48. The highest BCUT2D eigenvalue weighted by atomic mass is 16.5. The fraction of sp³-hybridized carbons (Fsp3) is 1.00. The van der Waals surface area contributed by atoms with Gasteiger partial charge in [0.15, 0.2) is 0 Å². The summed E-state index contributed by atoms with van der Waals surface area (Å²) < 4.78 is 5.53. The summed E-state index contributed by atoms with van der Waals surface area (Å²) in [5.74, 6) is 0. The van der Waals surface area contributed by atoms with E-state index in [0.717, 1.165) is 13.0 Å². The molecule has 12 heavy (non-hydrogen) atoms. The molecule has 2 atom stereocenters. The zero-order valence-corrected chi connectivity index (χ0v) is 8.90. The molecule has 0 heterocycles. The molecule has 0 aliphatic heterocycles. The zero-order chi connectivity index (χ0) is 9.41. The van der Waals surface area contributed by atoms with Crippen LogP contribution in [0.25, 0.3) is 0 Å². The van der Waals surface area contributed by atoms with Gasteiger partial charge in [-0.2, -0.15) is 0 Å². The molecule has 72 valence electrons. The molecule has 2 nitrogen and oxygen atoms in total. The zero-order valence-electron chi connectivity index (χ0n) is 8.90. The van der Waals surface area contributed by atoms with E-state index in [1.165, 1.54) is 0 Å². The Bertz CT molecular complexity index is 167. The summed E-state index contributed by atoms with van der Waals surface area (Å²) in [5.41, 5.74) is 0.331. The van der Waals surface area contributed by atoms with Crippen LogP contribution in [0.15, 0.2) is 0 Å². The quantitative estimate of drug-likeness (QED) is 0.699. The van der Waals surface area contributed by atoms with Crippen molar-refractivity contribution < 1.29 is 4.74 Å². The predicted octanol–water partition coefficient (Wildman–Crippen LogP) is 1.80. The minimum absolute atomic E-state index is 0.0693. The predicted molar refractivity (Wildman–Crippen MR) is 51.3 cm³/mol. The number of hydrogen-bond acceptors (Lipinski definition) is 2. The molecule has 0 radical (unpaired) electrons. The van der Waals surface area contributed by atoms with E-state index < -0.39 is 0 Å². The molecule has 0 aromatic carbocycles. The topological polar surface area (TPSA) is 21.3 Å². The van der Waals surface area contributed by atoms with E-state index in [0.29, 0.717) is 6.04 Å². The van der Waals surface area contributed by atoms with E-state index >= 15 is 0 Å². The lowest BCUT2D eigenvalue weighted by Crippen LogP contribution is -2.67. The standard InChI is InChI=1S/C10H21NO/c1-6-11-8-7-10(4,12-5)9(8,2)3/h8,11H,6-7H2,1-5H3. The third-order valence-corrected chi connectivity index (χ3v) is 3.73. The van der Waals surface area contributed by atoms with Gasteiger partial charge in [-0.15, -0.1) is 0 Å². The van der Waals surface area contributed by atoms with Crippen molar-refractivity contribution in [1.29, 1.82) is 0 Å². The maximum Gasteiger partial charge on any atom is 0.0731 e. The van der Waals surface area contributed by atoms with Gasteiger partial charge in [0.25, 0.3) is 0 Å². The van der Waals surface area contributed by atoms with Crippen LogP contribution >= 0.6 is 0 Å². The van der Waals surface area contributed by atoms with Crippen LogP contribution in [0.4, 0.5) is 0 Å². The maximum absolute atomic E-state index is 5.53. The summed E-state index contributed by atoms with van der Waals surface area (Å²) in [6.45, 7) is 9.94. The van der Waals surface area contributed by atoms with Crippen molar-refractivity contribution in [2.45, 2.75) is 45.8 Å². The lowest BCUT2D eigenvalue weighted by atomic mass is 9.56. The first-order valence-electron chi connectivity index (χ1n) is 4.76. The smallest absolute Gasteiger partial charge is 0.0731 e. The fourth-order valence-corrected chi connectivity index (χ4v) is 2.07. The van der Waals surface area contributed by atoms with Gasteiger partial charge in [-0.05, 0) is 19.9 Å². The molecule has 1 fully saturated rings. The highest BCUT2D eigenvalue weighted by Crippen LogP contribution is 2.51. The van der Waals surface area contributed by atoms with Crippen molar-refractivity contribution in [3.63, 3.8) is 0 Å². The van der Waals surface area contributed by atoms with Gasteiger partial charge in [0, 0.05) is 18.6 Å². The van der Waals surface area contributed by atoms with E-state index in [9.17, 15) is 0 Å². The Balaban J connectivity index is 2.59. The van der Waals surface area contributed by atoms with Crippen LogP contribution in [0.2, 0.25) is 0 Å². The van der Waals surface area contributed by atoms with Crippen LogP contribution in [0, 0.1) is 5.41 Å². The van der Waals surface area contributed by atoms with Gasteiger partial charge < -0.3 is 10.1 Å². The molecule has 0 saturated heterocycles. The molecule has 0 amide bonds. The Morgan fingerprint density at radius 3 is 2.33 bits per heavy atom. The van der Waals surface area contributed by atoms with Gasteiger partial charge in [0.05, 0.1) is 5.60 Å². The van der Waals surface area contributed by atoms with Gasteiger partial charge in [0.1, 0.15) is 0 Å². The normalized spacial score (nSPS) is 39.2. The Kier molecular flexibility index (Phi) is 2.50. The highest BCUT2D eigenvalue weighted by molar-refractivity contribution is 5.11. The summed E-state index contributed by atoms with van der Waals surface area (Å²) in [7, 11) is 1.81. The minimum atomic E-state index is 0.0693. The SMILES string of the molecule is CCNC1CC(C)(OC)C1(C)C. The number of rotatable bonds is 3. The van der Waals surface area contributed by atoms with Gasteiger partial charge in [-0.1, -0.05) is 20.8 Å². The molecule has 1 aliphatic rings. The molecule has 1 aliphatic carbocycles. The monoisotopic (exact) mass is 171 g/mol.